The van der Waals surface area contributed by atoms with Crippen molar-refractivity contribution in [1.82, 2.24) is 15.1 Å². The molecule has 1 fully saturated rings. The topological polar surface area (TPSA) is 49.3 Å². The van der Waals surface area contributed by atoms with Crippen molar-refractivity contribution in [2.75, 3.05) is 66.6 Å². The van der Waals surface area contributed by atoms with Crippen molar-refractivity contribution in [3.8, 4) is 0 Å². The third kappa shape index (κ3) is 6.27. The van der Waals surface area contributed by atoms with Crippen LogP contribution in [0.3, 0.4) is 0 Å². The first kappa shape index (κ1) is 20.7. The molecule has 6 nitrogen and oxygen atoms in total. The van der Waals surface area contributed by atoms with E-state index in [9.17, 15) is 0 Å². The molecule has 1 heterocycles. The summed E-state index contributed by atoms with van der Waals surface area (Å²) in [5.74, 6) is 0.981. The second-order valence-electron chi connectivity index (χ2n) is 6.69. The highest BCUT2D eigenvalue weighted by atomic mass is 16.5. The van der Waals surface area contributed by atoms with Crippen LogP contribution in [0.4, 0.5) is 0 Å². The predicted octanol–water partition coefficient (Wildman–Crippen LogP) is 1.91. The van der Waals surface area contributed by atoms with E-state index in [2.05, 4.69) is 60.3 Å². The lowest BCUT2D eigenvalue weighted by molar-refractivity contribution is -0.00833. The standard InChI is InChI=1S/C20H34N4O2/c1-5-21-20(22-10-11-23(3)12-14-25-4)24-13-15-26-19(16-24)18-9-7-6-8-17(18)2/h6-9,19H,5,10-16H2,1-4H3,(H,21,22). The average molecular weight is 363 g/mol. The van der Waals surface area contributed by atoms with Crippen LogP contribution in [0.25, 0.3) is 0 Å². The molecule has 1 aromatic rings. The fourth-order valence-corrected chi connectivity index (χ4v) is 3.09. The number of benzene rings is 1. The molecule has 1 N–H and O–H groups in total. The van der Waals surface area contributed by atoms with E-state index in [0.29, 0.717) is 0 Å². The van der Waals surface area contributed by atoms with Gasteiger partial charge in [0.15, 0.2) is 5.96 Å². The summed E-state index contributed by atoms with van der Waals surface area (Å²) in [4.78, 5) is 9.39. The molecule has 0 bridgehead atoms. The minimum Gasteiger partial charge on any atom is -0.383 e. The number of hydrogen-bond donors (Lipinski definition) is 1. The number of likely N-dealkylation sites (N-methyl/N-ethyl adjacent to an activating group) is 1. The molecule has 26 heavy (non-hydrogen) atoms. The number of aliphatic imine (C=N–C) groups is 1. The summed E-state index contributed by atoms with van der Waals surface area (Å²) < 4.78 is 11.2. The third-order valence-electron chi connectivity index (χ3n) is 4.66. The van der Waals surface area contributed by atoms with Gasteiger partial charge < -0.3 is 24.6 Å². The van der Waals surface area contributed by atoms with Crippen LogP contribution in [0.2, 0.25) is 0 Å². The Kier molecular flexibility index (Phi) is 8.88. The summed E-state index contributed by atoms with van der Waals surface area (Å²) in [6, 6.07) is 8.47. The van der Waals surface area contributed by atoms with E-state index in [1.165, 1.54) is 11.1 Å². The molecular formula is C20H34N4O2. The summed E-state index contributed by atoms with van der Waals surface area (Å²) in [5.41, 5.74) is 2.55. The average Bonchev–Trinajstić information content (AvgIpc) is 2.66. The quantitative estimate of drug-likeness (QED) is 0.566. The molecule has 0 aromatic heterocycles. The fraction of sp³-hybridized carbons (Fsp3) is 0.650. The number of rotatable bonds is 8. The highest BCUT2D eigenvalue weighted by molar-refractivity contribution is 5.80. The Hall–Kier alpha value is -1.63. The van der Waals surface area contributed by atoms with E-state index in [-0.39, 0.29) is 6.10 Å². The SMILES string of the molecule is CCNC(=NCCN(C)CCOC)N1CCOC(c2ccccc2C)C1. The van der Waals surface area contributed by atoms with Crippen LogP contribution in [-0.4, -0.2) is 82.4 Å². The number of nitrogens with one attached hydrogen (secondary N) is 1. The van der Waals surface area contributed by atoms with Gasteiger partial charge in [-0.25, -0.2) is 0 Å². The summed E-state index contributed by atoms with van der Waals surface area (Å²) in [7, 11) is 3.84. The molecule has 1 saturated heterocycles. The molecule has 1 unspecified atom stereocenters. The van der Waals surface area contributed by atoms with Crippen molar-refractivity contribution in [3.05, 3.63) is 35.4 Å². The second-order valence-corrected chi connectivity index (χ2v) is 6.69. The Morgan fingerprint density at radius 2 is 2.19 bits per heavy atom. The molecule has 0 saturated carbocycles. The predicted molar refractivity (Wildman–Crippen MR) is 107 cm³/mol. The van der Waals surface area contributed by atoms with Crippen LogP contribution in [0.1, 0.15) is 24.2 Å². The van der Waals surface area contributed by atoms with Crippen molar-refractivity contribution in [3.63, 3.8) is 0 Å². The number of aryl methyl sites for hydroxylation is 1. The highest BCUT2D eigenvalue weighted by Crippen LogP contribution is 2.24. The maximum atomic E-state index is 6.04. The zero-order valence-electron chi connectivity index (χ0n) is 16.7. The van der Waals surface area contributed by atoms with Crippen molar-refractivity contribution in [2.24, 2.45) is 4.99 Å². The lowest BCUT2D eigenvalue weighted by atomic mass is 10.0. The maximum absolute atomic E-state index is 6.04. The summed E-state index contributed by atoms with van der Waals surface area (Å²) in [5, 5.41) is 3.43. The van der Waals surface area contributed by atoms with Gasteiger partial charge in [0, 0.05) is 33.3 Å². The lowest BCUT2D eigenvalue weighted by Crippen LogP contribution is -2.48. The Morgan fingerprint density at radius 1 is 1.38 bits per heavy atom. The molecule has 1 aliphatic heterocycles. The van der Waals surface area contributed by atoms with Crippen molar-refractivity contribution in [1.29, 1.82) is 0 Å². The summed E-state index contributed by atoms with van der Waals surface area (Å²) >= 11 is 0. The van der Waals surface area contributed by atoms with Crippen molar-refractivity contribution < 1.29 is 9.47 Å². The van der Waals surface area contributed by atoms with Crippen LogP contribution in [0.5, 0.6) is 0 Å². The smallest absolute Gasteiger partial charge is 0.194 e. The van der Waals surface area contributed by atoms with E-state index in [1.54, 1.807) is 7.11 Å². The number of ether oxygens (including phenoxy) is 2. The van der Waals surface area contributed by atoms with Crippen LogP contribution in [0.15, 0.2) is 29.3 Å². The van der Waals surface area contributed by atoms with Gasteiger partial charge >= 0.3 is 0 Å². The molecule has 2 rings (SSSR count). The number of methoxy groups -OCH3 is 1. The van der Waals surface area contributed by atoms with Gasteiger partial charge in [0.2, 0.25) is 0 Å². The second kappa shape index (κ2) is 11.2. The highest BCUT2D eigenvalue weighted by Gasteiger charge is 2.25. The first-order chi connectivity index (χ1) is 12.7. The van der Waals surface area contributed by atoms with Crippen LogP contribution >= 0.6 is 0 Å². The molecule has 6 heteroatoms. The fourth-order valence-electron chi connectivity index (χ4n) is 3.09. The molecule has 1 atom stereocenters. The lowest BCUT2D eigenvalue weighted by Gasteiger charge is -2.36. The van der Waals surface area contributed by atoms with Gasteiger partial charge in [0.05, 0.1) is 26.3 Å². The number of nitrogens with zero attached hydrogens (tertiary/aromatic N) is 3. The van der Waals surface area contributed by atoms with Gasteiger partial charge in [-0.1, -0.05) is 24.3 Å². The Bertz CT molecular complexity index is 564. The first-order valence-electron chi connectivity index (χ1n) is 9.53. The van der Waals surface area contributed by atoms with Crippen molar-refractivity contribution >= 4 is 5.96 Å². The third-order valence-corrected chi connectivity index (χ3v) is 4.66. The minimum absolute atomic E-state index is 0.0955. The van der Waals surface area contributed by atoms with Gasteiger partial charge in [-0.15, -0.1) is 0 Å². The van der Waals surface area contributed by atoms with Gasteiger partial charge in [-0.2, -0.15) is 0 Å². The Balaban J connectivity index is 1.97. The van der Waals surface area contributed by atoms with E-state index >= 15 is 0 Å². The van der Waals surface area contributed by atoms with Crippen LogP contribution < -0.4 is 5.32 Å². The maximum Gasteiger partial charge on any atom is 0.194 e. The van der Waals surface area contributed by atoms with E-state index in [0.717, 1.165) is 58.4 Å². The summed E-state index contributed by atoms with van der Waals surface area (Å²) in [6.07, 6.45) is 0.0955. The van der Waals surface area contributed by atoms with Crippen LogP contribution in [0, 0.1) is 6.92 Å². The molecular weight excluding hydrogens is 328 g/mol. The van der Waals surface area contributed by atoms with Crippen molar-refractivity contribution in [2.45, 2.75) is 20.0 Å². The van der Waals surface area contributed by atoms with Gasteiger partial charge in [-0.3, -0.25) is 4.99 Å². The Labute approximate surface area is 158 Å². The minimum atomic E-state index is 0.0955. The van der Waals surface area contributed by atoms with Gasteiger partial charge in [0.1, 0.15) is 6.10 Å². The monoisotopic (exact) mass is 362 g/mol. The first-order valence-corrected chi connectivity index (χ1v) is 9.53. The van der Waals surface area contributed by atoms with E-state index in [4.69, 9.17) is 14.5 Å². The Morgan fingerprint density at radius 3 is 2.92 bits per heavy atom. The molecule has 1 aromatic carbocycles. The molecule has 146 valence electrons. The summed E-state index contributed by atoms with van der Waals surface area (Å²) in [6.45, 7) is 10.9. The molecule has 0 spiro atoms. The normalized spacial score (nSPS) is 18.4. The number of guanidine groups is 1. The molecule has 0 amide bonds. The largest absolute Gasteiger partial charge is 0.383 e. The zero-order chi connectivity index (χ0) is 18.8. The zero-order valence-corrected chi connectivity index (χ0v) is 16.7. The molecule has 0 aliphatic carbocycles. The van der Waals surface area contributed by atoms with E-state index < -0.39 is 0 Å². The number of hydrogen-bond acceptors (Lipinski definition) is 4. The van der Waals surface area contributed by atoms with Gasteiger partial charge in [0.25, 0.3) is 0 Å². The molecule has 1 aliphatic rings. The van der Waals surface area contributed by atoms with Gasteiger partial charge in [-0.05, 0) is 32.0 Å². The number of morpholine rings is 1. The molecule has 0 radical (unpaired) electrons. The van der Waals surface area contributed by atoms with Crippen LogP contribution in [-0.2, 0) is 9.47 Å². The van der Waals surface area contributed by atoms with E-state index in [1.807, 2.05) is 0 Å².